The van der Waals surface area contributed by atoms with E-state index < -0.39 is 0 Å². The van der Waals surface area contributed by atoms with Crippen molar-refractivity contribution in [3.8, 4) is 0 Å². The van der Waals surface area contributed by atoms with E-state index in [0.717, 1.165) is 22.8 Å². The molecule has 0 saturated heterocycles. The predicted molar refractivity (Wildman–Crippen MR) is 85.6 cm³/mol. The van der Waals surface area contributed by atoms with Crippen LogP contribution in [-0.2, 0) is 16.0 Å². The largest absolute Gasteiger partial charge is 0.373 e. The second-order valence-electron chi connectivity index (χ2n) is 5.92. The van der Waals surface area contributed by atoms with Crippen LogP contribution in [0.15, 0.2) is 34.8 Å². The first-order chi connectivity index (χ1) is 10.1. The number of fused-ring (bicyclic) bond motifs is 5. The average Bonchev–Trinajstić information content (AvgIpc) is 2.85. The zero-order chi connectivity index (χ0) is 14.6. The van der Waals surface area contributed by atoms with Gasteiger partial charge in [-0.3, -0.25) is 4.79 Å². The van der Waals surface area contributed by atoms with Crippen molar-refractivity contribution in [2.75, 3.05) is 7.11 Å². The number of allylic oxidation sites excluding steroid dienone is 1. The van der Waals surface area contributed by atoms with Crippen LogP contribution in [0.5, 0.6) is 0 Å². The molecule has 4 rings (SSSR count). The molecule has 0 saturated carbocycles. The third-order valence-electron chi connectivity index (χ3n) is 4.92. The quantitative estimate of drug-likeness (QED) is 0.852. The van der Waals surface area contributed by atoms with E-state index in [0.29, 0.717) is 6.42 Å². The van der Waals surface area contributed by atoms with Gasteiger partial charge < -0.3 is 9.72 Å². The van der Waals surface area contributed by atoms with Crippen LogP contribution in [-0.4, -0.2) is 23.5 Å². The number of ether oxygens (including phenoxy) is 1. The van der Waals surface area contributed by atoms with Crippen molar-refractivity contribution in [3.05, 3.63) is 46.1 Å². The van der Waals surface area contributed by atoms with Crippen molar-refractivity contribution in [2.45, 2.75) is 30.8 Å². The van der Waals surface area contributed by atoms with Crippen molar-refractivity contribution < 1.29 is 9.53 Å². The van der Waals surface area contributed by atoms with E-state index in [-0.39, 0.29) is 17.3 Å². The van der Waals surface area contributed by atoms with Gasteiger partial charge in [0.15, 0.2) is 5.78 Å². The lowest BCUT2D eigenvalue weighted by atomic mass is 9.68. The number of halogens is 1. The Hall–Kier alpha value is -1.39. The van der Waals surface area contributed by atoms with E-state index in [4.69, 9.17) is 4.74 Å². The van der Waals surface area contributed by atoms with Crippen LogP contribution in [0.4, 0.5) is 0 Å². The summed E-state index contributed by atoms with van der Waals surface area (Å²) < 4.78 is 6.93. The molecule has 2 aliphatic rings. The van der Waals surface area contributed by atoms with E-state index in [2.05, 4.69) is 33.0 Å². The third kappa shape index (κ3) is 1.86. The SMILES string of the molecule is CO[C@@]12C=CC(=O)C[C@@H]1c1c([nH]c3ccc(Br)cc13)CC2. The van der Waals surface area contributed by atoms with Crippen LogP contribution < -0.4 is 0 Å². The standard InChI is InChI=1S/C17H16BrNO2/c1-21-17-6-4-11(20)9-13(17)16-12-8-10(18)2-3-14(12)19-15(16)5-7-17/h2-4,6,8,13,19H,5,7,9H2,1H3/t13-,17-/m1/s1. The number of ketones is 1. The number of nitrogens with one attached hydrogen (secondary N) is 1. The second-order valence-corrected chi connectivity index (χ2v) is 6.84. The first-order valence-corrected chi connectivity index (χ1v) is 7.99. The van der Waals surface area contributed by atoms with E-state index in [1.165, 1.54) is 16.6 Å². The van der Waals surface area contributed by atoms with E-state index >= 15 is 0 Å². The van der Waals surface area contributed by atoms with Gasteiger partial charge in [-0.1, -0.05) is 15.9 Å². The highest BCUT2D eigenvalue weighted by molar-refractivity contribution is 9.10. The van der Waals surface area contributed by atoms with Gasteiger partial charge in [-0.2, -0.15) is 0 Å². The molecule has 2 atom stereocenters. The highest BCUT2D eigenvalue weighted by atomic mass is 79.9. The lowest BCUT2D eigenvalue weighted by molar-refractivity contribution is -0.118. The van der Waals surface area contributed by atoms with Crippen molar-refractivity contribution in [2.24, 2.45) is 0 Å². The summed E-state index contributed by atoms with van der Waals surface area (Å²) in [5.74, 6) is 0.289. The molecule has 0 bridgehead atoms. The van der Waals surface area contributed by atoms with Gasteiger partial charge in [-0.05, 0) is 48.8 Å². The molecular weight excluding hydrogens is 330 g/mol. The molecule has 1 aromatic heterocycles. The Morgan fingerprint density at radius 1 is 1.43 bits per heavy atom. The zero-order valence-electron chi connectivity index (χ0n) is 11.8. The Balaban J connectivity index is 1.98. The van der Waals surface area contributed by atoms with E-state index in [1.807, 2.05) is 12.1 Å². The minimum Gasteiger partial charge on any atom is -0.373 e. The van der Waals surface area contributed by atoms with Gasteiger partial charge in [0.2, 0.25) is 0 Å². The maximum atomic E-state index is 11.9. The number of benzene rings is 1. The van der Waals surface area contributed by atoms with Gasteiger partial charge in [0.25, 0.3) is 0 Å². The fourth-order valence-corrected chi connectivity index (χ4v) is 4.23. The molecule has 2 aliphatic carbocycles. The van der Waals surface area contributed by atoms with E-state index in [1.54, 1.807) is 13.2 Å². The van der Waals surface area contributed by atoms with Crippen LogP contribution in [0, 0.1) is 0 Å². The highest BCUT2D eigenvalue weighted by Crippen LogP contribution is 2.49. The molecule has 1 heterocycles. The maximum Gasteiger partial charge on any atom is 0.156 e. The van der Waals surface area contributed by atoms with Gasteiger partial charge in [0.1, 0.15) is 0 Å². The van der Waals surface area contributed by atoms with Gasteiger partial charge in [-0.25, -0.2) is 0 Å². The lowest BCUT2D eigenvalue weighted by Crippen LogP contribution is -2.43. The summed E-state index contributed by atoms with van der Waals surface area (Å²) in [5.41, 5.74) is 3.32. The first kappa shape index (κ1) is 13.3. The van der Waals surface area contributed by atoms with Crippen molar-refractivity contribution in [1.29, 1.82) is 0 Å². The molecule has 0 aliphatic heterocycles. The summed E-state index contributed by atoms with van der Waals surface area (Å²) in [6, 6.07) is 6.27. The molecule has 0 amide bonds. The number of hydrogen-bond acceptors (Lipinski definition) is 2. The van der Waals surface area contributed by atoms with Gasteiger partial charge in [0, 0.05) is 40.5 Å². The summed E-state index contributed by atoms with van der Waals surface area (Å²) >= 11 is 3.55. The van der Waals surface area contributed by atoms with Gasteiger partial charge in [0.05, 0.1) is 5.60 Å². The van der Waals surface area contributed by atoms with Crippen LogP contribution in [0.1, 0.15) is 30.0 Å². The number of carbonyl (C=O) groups excluding carboxylic acids is 1. The molecule has 0 unspecified atom stereocenters. The Morgan fingerprint density at radius 3 is 3.10 bits per heavy atom. The number of methoxy groups -OCH3 is 1. The minimum atomic E-state index is -0.335. The monoisotopic (exact) mass is 345 g/mol. The van der Waals surface area contributed by atoms with E-state index in [9.17, 15) is 4.79 Å². The Kier molecular flexibility index (Phi) is 2.88. The summed E-state index contributed by atoms with van der Waals surface area (Å²) in [7, 11) is 1.75. The normalized spacial score (nSPS) is 27.7. The second kappa shape index (κ2) is 4.55. The molecule has 4 heteroatoms. The topological polar surface area (TPSA) is 42.1 Å². The van der Waals surface area contributed by atoms with Crippen molar-refractivity contribution in [1.82, 2.24) is 4.98 Å². The highest BCUT2D eigenvalue weighted by Gasteiger charge is 2.46. The maximum absolute atomic E-state index is 11.9. The number of aromatic nitrogens is 1. The third-order valence-corrected chi connectivity index (χ3v) is 5.42. The number of hydrogen-bond donors (Lipinski definition) is 1. The number of H-pyrrole nitrogens is 1. The summed E-state index contributed by atoms with van der Waals surface area (Å²) in [4.78, 5) is 15.5. The Labute approximate surface area is 131 Å². The molecule has 21 heavy (non-hydrogen) atoms. The molecular formula is C17H16BrNO2. The van der Waals surface area contributed by atoms with Crippen molar-refractivity contribution in [3.63, 3.8) is 0 Å². The van der Waals surface area contributed by atoms with Gasteiger partial charge in [-0.15, -0.1) is 0 Å². The molecule has 0 radical (unpaired) electrons. The summed E-state index contributed by atoms with van der Waals surface area (Å²) in [6.07, 6.45) is 6.05. The minimum absolute atomic E-state index is 0.104. The molecule has 2 aromatic rings. The number of aromatic amines is 1. The molecule has 1 N–H and O–H groups in total. The summed E-state index contributed by atoms with van der Waals surface area (Å²) in [6.45, 7) is 0. The smallest absolute Gasteiger partial charge is 0.156 e. The lowest BCUT2D eigenvalue weighted by Gasteiger charge is -2.42. The molecule has 108 valence electrons. The van der Waals surface area contributed by atoms with Crippen LogP contribution in [0.2, 0.25) is 0 Å². The first-order valence-electron chi connectivity index (χ1n) is 7.20. The summed E-state index contributed by atoms with van der Waals surface area (Å²) in [5, 5.41) is 1.20. The molecule has 1 aromatic carbocycles. The Morgan fingerprint density at radius 2 is 2.29 bits per heavy atom. The zero-order valence-corrected chi connectivity index (χ0v) is 13.4. The predicted octanol–water partition coefficient (Wildman–Crippen LogP) is 3.87. The Bertz CT molecular complexity index is 776. The fraction of sp³-hybridized carbons (Fsp3) is 0.353. The number of rotatable bonds is 1. The van der Waals surface area contributed by atoms with Crippen molar-refractivity contribution >= 4 is 32.6 Å². The molecule has 3 nitrogen and oxygen atoms in total. The van der Waals surface area contributed by atoms with Crippen LogP contribution in [0.3, 0.4) is 0 Å². The average molecular weight is 346 g/mol. The van der Waals surface area contributed by atoms with Crippen LogP contribution in [0.25, 0.3) is 10.9 Å². The fourth-order valence-electron chi connectivity index (χ4n) is 3.86. The number of carbonyl (C=O) groups is 1. The van der Waals surface area contributed by atoms with Gasteiger partial charge >= 0.3 is 0 Å². The molecule has 0 fully saturated rings. The number of aryl methyl sites for hydroxylation is 1. The van der Waals surface area contributed by atoms with Crippen LogP contribution >= 0.6 is 15.9 Å². The molecule has 0 spiro atoms.